The van der Waals surface area contributed by atoms with Crippen molar-refractivity contribution in [1.82, 2.24) is 0 Å². The van der Waals surface area contributed by atoms with Crippen LogP contribution in [0.5, 0.6) is 0 Å². The summed E-state index contributed by atoms with van der Waals surface area (Å²) in [6, 6.07) is 0. The fourth-order valence-electron chi connectivity index (χ4n) is 2.60. The molecule has 0 aromatic heterocycles. The lowest BCUT2D eigenvalue weighted by molar-refractivity contribution is 0.380. The minimum atomic E-state index is 0.992. The Morgan fingerprint density at radius 1 is 1.17 bits per heavy atom. The van der Waals surface area contributed by atoms with Crippen LogP contribution in [-0.2, 0) is 0 Å². The minimum absolute atomic E-state index is 0.992. The van der Waals surface area contributed by atoms with Gasteiger partial charge in [0.05, 0.1) is 0 Å². The first-order chi connectivity index (χ1) is 5.76. The highest BCUT2D eigenvalue weighted by Crippen LogP contribution is 2.33. The van der Waals surface area contributed by atoms with Gasteiger partial charge in [0.2, 0.25) is 0 Å². The second-order valence-electron chi connectivity index (χ2n) is 4.70. The van der Waals surface area contributed by atoms with E-state index >= 15 is 0 Å². The van der Waals surface area contributed by atoms with Crippen LogP contribution in [0, 0.1) is 11.8 Å². The van der Waals surface area contributed by atoms with E-state index in [0.29, 0.717) is 0 Å². The number of hydrogen-bond donors (Lipinski definition) is 0. The predicted octanol–water partition coefficient (Wildman–Crippen LogP) is 3.50. The van der Waals surface area contributed by atoms with Gasteiger partial charge in [0, 0.05) is 0 Å². The van der Waals surface area contributed by atoms with Crippen LogP contribution in [0.2, 0.25) is 12.1 Å². The van der Waals surface area contributed by atoms with Crippen molar-refractivity contribution in [3.05, 3.63) is 0 Å². The van der Waals surface area contributed by atoms with Crippen molar-refractivity contribution in [2.45, 2.75) is 58.6 Å². The molecule has 0 amide bonds. The standard InChI is InChI=1S/C11H23B/c1-4-10-6-9(3)8-12-11(5-2)7-10/h9-12H,4-8H2,1-3H3. The molecule has 1 saturated heterocycles. The molecule has 1 rings (SSSR count). The molecule has 0 aromatic rings. The summed E-state index contributed by atoms with van der Waals surface area (Å²) in [4.78, 5) is 0. The normalized spacial score (nSPS) is 37.1. The lowest BCUT2D eigenvalue weighted by atomic mass is 9.58. The molecule has 1 aliphatic rings. The van der Waals surface area contributed by atoms with E-state index in [-0.39, 0.29) is 0 Å². The lowest BCUT2D eigenvalue weighted by Crippen LogP contribution is -2.04. The van der Waals surface area contributed by atoms with Crippen LogP contribution in [-0.4, -0.2) is 7.28 Å². The second-order valence-corrected chi connectivity index (χ2v) is 4.70. The molecule has 1 fully saturated rings. The van der Waals surface area contributed by atoms with Gasteiger partial charge in [-0.1, -0.05) is 58.1 Å². The first kappa shape index (κ1) is 10.1. The summed E-state index contributed by atoms with van der Waals surface area (Å²) in [5.41, 5.74) is 0. The molecule has 0 saturated carbocycles. The maximum atomic E-state index is 2.43. The van der Waals surface area contributed by atoms with Gasteiger partial charge in [0.25, 0.3) is 0 Å². The zero-order valence-corrected chi connectivity index (χ0v) is 8.97. The Morgan fingerprint density at radius 3 is 2.50 bits per heavy atom. The lowest BCUT2D eigenvalue weighted by Gasteiger charge is -2.17. The molecule has 3 atom stereocenters. The van der Waals surface area contributed by atoms with E-state index in [4.69, 9.17) is 0 Å². The Balaban J connectivity index is 2.43. The van der Waals surface area contributed by atoms with E-state index in [0.717, 1.165) is 17.7 Å². The molecule has 12 heavy (non-hydrogen) atoms. The van der Waals surface area contributed by atoms with E-state index in [1.54, 1.807) is 0 Å². The molecule has 0 radical (unpaired) electrons. The predicted molar refractivity (Wildman–Crippen MR) is 58.2 cm³/mol. The van der Waals surface area contributed by atoms with Gasteiger partial charge in [0.1, 0.15) is 7.28 Å². The molecular weight excluding hydrogens is 143 g/mol. The molecule has 70 valence electrons. The van der Waals surface area contributed by atoms with E-state index in [2.05, 4.69) is 20.8 Å². The molecule has 1 aliphatic heterocycles. The number of rotatable bonds is 2. The van der Waals surface area contributed by atoms with Gasteiger partial charge < -0.3 is 0 Å². The highest BCUT2D eigenvalue weighted by Gasteiger charge is 2.22. The molecule has 0 aliphatic carbocycles. The zero-order valence-electron chi connectivity index (χ0n) is 8.97. The SMILES string of the molecule is CCC1BCC(C)CC(CC)C1. The van der Waals surface area contributed by atoms with Crippen LogP contribution in [0.25, 0.3) is 0 Å². The first-order valence-electron chi connectivity index (χ1n) is 5.76. The third-order valence-electron chi connectivity index (χ3n) is 3.62. The zero-order chi connectivity index (χ0) is 8.97. The second kappa shape index (κ2) is 4.94. The van der Waals surface area contributed by atoms with E-state index in [1.165, 1.54) is 39.3 Å². The molecule has 0 nitrogen and oxygen atoms in total. The molecular formula is C11H23B. The third kappa shape index (κ3) is 2.84. The van der Waals surface area contributed by atoms with Gasteiger partial charge in [-0.25, -0.2) is 0 Å². The van der Waals surface area contributed by atoms with E-state index in [9.17, 15) is 0 Å². The van der Waals surface area contributed by atoms with Crippen molar-refractivity contribution >= 4 is 7.28 Å². The Labute approximate surface area is 78.4 Å². The van der Waals surface area contributed by atoms with Crippen LogP contribution in [0.3, 0.4) is 0 Å². The molecule has 3 unspecified atom stereocenters. The maximum Gasteiger partial charge on any atom is 0.124 e. The molecule has 0 bridgehead atoms. The minimum Gasteiger partial charge on any atom is -0.0746 e. The summed E-state index contributed by atoms with van der Waals surface area (Å²) in [7, 11) is 1.49. The number of hydrogen-bond acceptors (Lipinski definition) is 0. The summed E-state index contributed by atoms with van der Waals surface area (Å²) >= 11 is 0. The largest absolute Gasteiger partial charge is 0.124 e. The van der Waals surface area contributed by atoms with Crippen LogP contribution in [0.15, 0.2) is 0 Å². The topological polar surface area (TPSA) is 0 Å². The van der Waals surface area contributed by atoms with E-state index < -0.39 is 0 Å². The molecule has 1 heterocycles. The average Bonchev–Trinajstić information content (AvgIpc) is 2.26. The van der Waals surface area contributed by atoms with Crippen molar-refractivity contribution in [2.24, 2.45) is 11.8 Å². The summed E-state index contributed by atoms with van der Waals surface area (Å²) in [5.74, 6) is 3.07. The van der Waals surface area contributed by atoms with Gasteiger partial charge in [0.15, 0.2) is 0 Å². The molecule has 1 heteroatoms. The van der Waals surface area contributed by atoms with Crippen molar-refractivity contribution in [2.75, 3.05) is 0 Å². The van der Waals surface area contributed by atoms with Gasteiger partial charge in [-0.3, -0.25) is 0 Å². The summed E-state index contributed by atoms with van der Waals surface area (Å²) < 4.78 is 0. The van der Waals surface area contributed by atoms with Crippen LogP contribution in [0.4, 0.5) is 0 Å². The Hall–Kier alpha value is 0.0649. The summed E-state index contributed by atoms with van der Waals surface area (Å²) in [6.07, 6.45) is 7.30. The molecule has 0 N–H and O–H groups in total. The van der Waals surface area contributed by atoms with Crippen molar-refractivity contribution in [1.29, 1.82) is 0 Å². The Kier molecular flexibility index (Phi) is 4.18. The molecule has 0 spiro atoms. The van der Waals surface area contributed by atoms with Gasteiger partial charge in [-0.15, -0.1) is 0 Å². The van der Waals surface area contributed by atoms with Gasteiger partial charge in [-0.05, 0) is 12.3 Å². The van der Waals surface area contributed by atoms with Crippen LogP contribution >= 0.6 is 0 Å². The first-order valence-corrected chi connectivity index (χ1v) is 5.76. The monoisotopic (exact) mass is 166 g/mol. The third-order valence-corrected chi connectivity index (χ3v) is 3.62. The van der Waals surface area contributed by atoms with Gasteiger partial charge in [-0.2, -0.15) is 0 Å². The van der Waals surface area contributed by atoms with Crippen molar-refractivity contribution < 1.29 is 0 Å². The van der Waals surface area contributed by atoms with Gasteiger partial charge >= 0.3 is 0 Å². The maximum absolute atomic E-state index is 2.43. The van der Waals surface area contributed by atoms with Crippen molar-refractivity contribution in [3.8, 4) is 0 Å². The van der Waals surface area contributed by atoms with Crippen LogP contribution in [0.1, 0.15) is 46.5 Å². The summed E-state index contributed by atoms with van der Waals surface area (Å²) in [6.45, 7) is 7.14. The smallest absolute Gasteiger partial charge is 0.0746 e. The van der Waals surface area contributed by atoms with E-state index in [1.807, 2.05) is 0 Å². The summed E-state index contributed by atoms with van der Waals surface area (Å²) in [5, 5.41) is 0. The molecule has 0 aromatic carbocycles. The quantitative estimate of drug-likeness (QED) is 0.551. The fourth-order valence-corrected chi connectivity index (χ4v) is 2.60. The Morgan fingerprint density at radius 2 is 1.92 bits per heavy atom. The van der Waals surface area contributed by atoms with Crippen LogP contribution < -0.4 is 0 Å². The highest BCUT2D eigenvalue weighted by atomic mass is 14.2. The Bertz CT molecular complexity index is 122. The van der Waals surface area contributed by atoms with Crippen molar-refractivity contribution in [3.63, 3.8) is 0 Å². The highest BCUT2D eigenvalue weighted by molar-refractivity contribution is 6.37. The average molecular weight is 166 g/mol. The fraction of sp³-hybridized carbons (Fsp3) is 1.00.